The summed E-state index contributed by atoms with van der Waals surface area (Å²) < 4.78 is 5.87. The van der Waals surface area contributed by atoms with Crippen molar-refractivity contribution in [2.24, 2.45) is 0 Å². The van der Waals surface area contributed by atoms with Crippen LogP contribution in [0.4, 0.5) is 5.69 Å². The van der Waals surface area contributed by atoms with E-state index < -0.39 is 5.91 Å². The third kappa shape index (κ3) is 6.40. The van der Waals surface area contributed by atoms with Crippen LogP contribution < -0.4 is 10.1 Å². The van der Waals surface area contributed by atoms with E-state index in [9.17, 15) is 10.1 Å². The number of hydrogen-bond donors (Lipinski definition) is 1. The van der Waals surface area contributed by atoms with Gasteiger partial charge in [0.2, 0.25) is 0 Å². The average molecular weight is 492 g/mol. The molecule has 1 amide bonds. The Morgan fingerprint density at radius 3 is 2.16 bits per heavy atom. The Kier molecular flexibility index (Phi) is 7.84. The normalized spacial score (nSPS) is 11.0. The molecule has 0 aliphatic carbocycles. The highest BCUT2D eigenvalue weighted by Crippen LogP contribution is 2.34. The molecule has 8 heteroatoms. The molecule has 3 aromatic rings. The van der Waals surface area contributed by atoms with Crippen LogP contribution in [0.3, 0.4) is 0 Å². The van der Waals surface area contributed by atoms with Gasteiger partial charge in [-0.25, -0.2) is 0 Å². The molecule has 0 saturated carbocycles. The molecule has 0 aromatic heterocycles. The Hall–Kier alpha value is -2.68. The number of nitrogens with zero attached hydrogens (tertiary/aromatic N) is 1. The largest absolute Gasteiger partial charge is 0.487 e. The fraction of sp³-hybridized carbons (Fsp3) is 0.0435. The summed E-state index contributed by atoms with van der Waals surface area (Å²) in [4.78, 5) is 12.6. The number of amides is 1. The maximum atomic E-state index is 12.6. The van der Waals surface area contributed by atoms with Crippen LogP contribution >= 0.6 is 46.4 Å². The fourth-order valence-corrected chi connectivity index (χ4v) is 3.43. The Morgan fingerprint density at radius 1 is 0.935 bits per heavy atom. The fourth-order valence-electron chi connectivity index (χ4n) is 2.61. The Morgan fingerprint density at radius 2 is 1.55 bits per heavy atom. The van der Waals surface area contributed by atoms with Gasteiger partial charge in [-0.05, 0) is 60.2 Å². The molecule has 0 spiro atoms. The van der Waals surface area contributed by atoms with Crippen molar-refractivity contribution in [1.82, 2.24) is 0 Å². The molecule has 0 unspecified atom stereocenters. The maximum Gasteiger partial charge on any atom is 0.266 e. The first-order valence-corrected chi connectivity index (χ1v) is 10.4. The molecular formula is C23H14Cl4N2O2. The first-order valence-electron chi connectivity index (χ1n) is 8.90. The van der Waals surface area contributed by atoms with Crippen molar-refractivity contribution in [1.29, 1.82) is 5.26 Å². The van der Waals surface area contributed by atoms with Gasteiger partial charge in [0, 0.05) is 26.3 Å². The lowest BCUT2D eigenvalue weighted by Gasteiger charge is -2.13. The first kappa shape index (κ1) is 23.0. The molecule has 0 aliphatic rings. The number of ether oxygens (including phenoxy) is 1. The summed E-state index contributed by atoms with van der Waals surface area (Å²) >= 11 is 24.2. The summed E-state index contributed by atoms with van der Waals surface area (Å²) in [6, 6.07) is 18.7. The predicted molar refractivity (Wildman–Crippen MR) is 126 cm³/mol. The van der Waals surface area contributed by atoms with Crippen LogP contribution in [-0.4, -0.2) is 5.91 Å². The lowest BCUT2D eigenvalue weighted by Crippen LogP contribution is -2.13. The van der Waals surface area contributed by atoms with Crippen molar-refractivity contribution < 1.29 is 9.53 Å². The summed E-state index contributed by atoms with van der Waals surface area (Å²) in [6.07, 6.45) is 1.38. The standard InChI is InChI=1S/C23H14Cl4N2O2/c24-17-3-1-14(2-4-17)13-31-22-15(10-19(26)11-21(22)27)9-16(12-28)23(30)29-20-7-5-18(25)6-8-20/h1-11H,13H2,(H,29,30)/b16-9+. The van der Waals surface area contributed by atoms with Crippen LogP contribution in [0.2, 0.25) is 20.1 Å². The Bertz CT molecular complexity index is 1170. The van der Waals surface area contributed by atoms with Gasteiger partial charge in [0.15, 0.2) is 0 Å². The molecular weight excluding hydrogens is 478 g/mol. The van der Waals surface area contributed by atoms with Crippen molar-refractivity contribution in [2.45, 2.75) is 6.61 Å². The second-order valence-electron chi connectivity index (χ2n) is 6.35. The molecule has 3 aromatic carbocycles. The van der Waals surface area contributed by atoms with Gasteiger partial charge in [-0.3, -0.25) is 4.79 Å². The van der Waals surface area contributed by atoms with Gasteiger partial charge in [-0.15, -0.1) is 0 Å². The Balaban J connectivity index is 1.87. The van der Waals surface area contributed by atoms with Crippen molar-refractivity contribution in [2.75, 3.05) is 5.32 Å². The van der Waals surface area contributed by atoms with Crippen molar-refractivity contribution in [3.05, 3.63) is 97.5 Å². The molecule has 0 aliphatic heterocycles. The zero-order valence-corrected chi connectivity index (χ0v) is 18.9. The van der Waals surface area contributed by atoms with Gasteiger partial charge in [0.25, 0.3) is 5.91 Å². The molecule has 3 rings (SSSR count). The molecule has 4 nitrogen and oxygen atoms in total. The third-order valence-corrected chi connectivity index (χ3v) is 5.10. The minimum atomic E-state index is -0.593. The predicted octanol–water partition coefficient (Wildman–Crippen LogP) is 7.42. The molecule has 0 heterocycles. The zero-order chi connectivity index (χ0) is 22.4. The van der Waals surface area contributed by atoms with Crippen molar-refractivity contribution in [3.8, 4) is 11.8 Å². The topological polar surface area (TPSA) is 62.1 Å². The van der Waals surface area contributed by atoms with Gasteiger partial charge >= 0.3 is 0 Å². The summed E-state index contributed by atoms with van der Waals surface area (Å²) in [6.45, 7) is 0.207. The number of hydrogen-bond acceptors (Lipinski definition) is 3. The minimum Gasteiger partial charge on any atom is -0.487 e. The molecule has 0 atom stereocenters. The molecule has 1 N–H and O–H groups in total. The monoisotopic (exact) mass is 490 g/mol. The molecule has 156 valence electrons. The summed E-state index contributed by atoms with van der Waals surface area (Å²) in [5.74, 6) is -0.294. The van der Waals surface area contributed by atoms with Crippen molar-refractivity contribution in [3.63, 3.8) is 0 Å². The number of anilines is 1. The highest BCUT2D eigenvalue weighted by atomic mass is 35.5. The molecule has 31 heavy (non-hydrogen) atoms. The average Bonchev–Trinajstić information content (AvgIpc) is 2.74. The maximum absolute atomic E-state index is 12.6. The number of nitrogens with one attached hydrogen (secondary N) is 1. The molecule has 0 radical (unpaired) electrons. The zero-order valence-electron chi connectivity index (χ0n) is 15.8. The van der Waals surface area contributed by atoms with E-state index in [1.54, 1.807) is 42.5 Å². The van der Waals surface area contributed by atoms with Crippen LogP contribution in [0.5, 0.6) is 5.75 Å². The highest BCUT2D eigenvalue weighted by Gasteiger charge is 2.15. The smallest absolute Gasteiger partial charge is 0.266 e. The Labute approximate surface area is 199 Å². The number of rotatable bonds is 6. The number of nitriles is 1. The lowest BCUT2D eigenvalue weighted by molar-refractivity contribution is -0.112. The van der Waals surface area contributed by atoms with Gasteiger partial charge in [0.1, 0.15) is 24.0 Å². The highest BCUT2D eigenvalue weighted by molar-refractivity contribution is 6.36. The summed E-state index contributed by atoms with van der Waals surface area (Å²) in [5.41, 5.74) is 1.61. The second kappa shape index (κ2) is 10.6. The SMILES string of the molecule is N#C/C(=C\c1cc(Cl)cc(Cl)c1OCc1ccc(Cl)cc1)C(=O)Nc1ccc(Cl)cc1. The van der Waals surface area contributed by atoms with Crippen LogP contribution in [0.1, 0.15) is 11.1 Å². The van der Waals surface area contributed by atoms with E-state index in [-0.39, 0.29) is 17.2 Å². The molecule has 0 saturated heterocycles. The van der Waals surface area contributed by atoms with E-state index in [4.69, 9.17) is 51.1 Å². The number of carbonyl (C=O) groups is 1. The summed E-state index contributed by atoms with van der Waals surface area (Å²) in [5, 5.41) is 13.9. The second-order valence-corrected chi connectivity index (χ2v) is 8.07. The minimum absolute atomic E-state index is 0.148. The van der Waals surface area contributed by atoms with Crippen molar-refractivity contribution >= 4 is 64.1 Å². The van der Waals surface area contributed by atoms with E-state index >= 15 is 0 Å². The van der Waals surface area contributed by atoms with Gasteiger partial charge in [-0.1, -0.05) is 58.5 Å². The van der Waals surface area contributed by atoms with E-state index in [0.29, 0.717) is 32.1 Å². The van der Waals surface area contributed by atoms with Gasteiger partial charge < -0.3 is 10.1 Å². The number of benzene rings is 3. The number of carbonyl (C=O) groups excluding carboxylic acids is 1. The molecule has 0 fully saturated rings. The van der Waals surface area contributed by atoms with E-state index in [1.807, 2.05) is 18.2 Å². The van der Waals surface area contributed by atoms with Gasteiger partial charge in [0.05, 0.1) is 5.02 Å². The van der Waals surface area contributed by atoms with E-state index in [0.717, 1.165) is 5.56 Å². The quantitative estimate of drug-likeness (QED) is 0.288. The van der Waals surface area contributed by atoms with E-state index in [1.165, 1.54) is 12.1 Å². The summed E-state index contributed by atoms with van der Waals surface area (Å²) in [7, 11) is 0. The number of halogens is 4. The molecule has 0 bridgehead atoms. The third-order valence-electron chi connectivity index (χ3n) is 4.10. The lowest BCUT2D eigenvalue weighted by atomic mass is 10.1. The first-order chi connectivity index (χ1) is 14.9. The van der Waals surface area contributed by atoms with Crippen LogP contribution in [0, 0.1) is 11.3 Å². The van der Waals surface area contributed by atoms with Crippen LogP contribution in [-0.2, 0) is 11.4 Å². The van der Waals surface area contributed by atoms with Crippen LogP contribution in [0.15, 0.2) is 66.2 Å². The van der Waals surface area contributed by atoms with Gasteiger partial charge in [-0.2, -0.15) is 5.26 Å². The van der Waals surface area contributed by atoms with Crippen LogP contribution in [0.25, 0.3) is 6.08 Å². The van der Waals surface area contributed by atoms with E-state index in [2.05, 4.69) is 5.32 Å².